The Morgan fingerprint density at radius 1 is 1.06 bits per heavy atom. The molecule has 1 fully saturated rings. The third-order valence-electron chi connectivity index (χ3n) is 5.85. The summed E-state index contributed by atoms with van der Waals surface area (Å²) in [5.41, 5.74) is 4.23. The summed E-state index contributed by atoms with van der Waals surface area (Å²) in [7, 11) is 0. The average Bonchev–Trinajstić information content (AvgIpc) is 2.87. The minimum absolute atomic E-state index is 0.0683. The van der Waals surface area contributed by atoms with Gasteiger partial charge in [0.25, 0.3) is 0 Å². The lowest BCUT2D eigenvalue weighted by Gasteiger charge is -2.38. The Bertz CT molecular complexity index is 1480. The minimum Gasteiger partial charge on any atom is -0.508 e. The molecular weight excluding hydrogens is 414 g/mol. The van der Waals surface area contributed by atoms with E-state index >= 15 is 0 Å². The van der Waals surface area contributed by atoms with Crippen LogP contribution in [0.1, 0.15) is 53.9 Å². The first-order valence-electron chi connectivity index (χ1n) is 14.6. The number of hydrogen-bond acceptors (Lipinski definition) is 5. The maximum absolute atomic E-state index is 10.0. The van der Waals surface area contributed by atoms with E-state index in [0.717, 1.165) is 32.7 Å². The molecule has 2 heterocycles. The van der Waals surface area contributed by atoms with Crippen LogP contribution in [0.5, 0.6) is 23.0 Å². The van der Waals surface area contributed by atoms with Crippen molar-refractivity contribution in [3.05, 3.63) is 83.4 Å². The van der Waals surface area contributed by atoms with E-state index in [4.69, 9.17) is 20.4 Å². The molecule has 0 spiro atoms. The lowest BCUT2D eigenvalue weighted by Crippen LogP contribution is -2.53. The highest BCUT2D eigenvalue weighted by Gasteiger charge is 2.30. The van der Waals surface area contributed by atoms with Crippen LogP contribution in [0.3, 0.4) is 0 Å². The Balaban J connectivity index is 1.37. The molecule has 2 N–H and O–H groups in total. The molecule has 2 aliphatic heterocycles. The zero-order valence-electron chi connectivity index (χ0n) is 26.0. The van der Waals surface area contributed by atoms with E-state index in [1.807, 2.05) is 6.92 Å². The normalized spacial score (nSPS) is 24.2. The summed E-state index contributed by atoms with van der Waals surface area (Å²) in [6, 6.07) is 18.6. The van der Waals surface area contributed by atoms with Crippen molar-refractivity contribution in [2.45, 2.75) is 32.3 Å². The summed E-state index contributed by atoms with van der Waals surface area (Å²) >= 11 is 0. The van der Waals surface area contributed by atoms with Gasteiger partial charge in [-0.15, -0.1) is 0 Å². The van der Waals surface area contributed by atoms with Crippen molar-refractivity contribution in [3.63, 3.8) is 0 Å². The Labute approximate surface area is 205 Å². The number of benzene rings is 3. The van der Waals surface area contributed by atoms with Gasteiger partial charge in [0.05, 0.1) is 1.37 Å². The van der Waals surface area contributed by atoms with E-state index in [2.05, 4.69) is 0 Å². The molecule has 33 heavy (non-hydrogen) atoms. The van der Waals surface area contributed by atoms with E-state index in [9.17, 15) is 10.2 Å². The third kappa shape index (κ3) is 4.29. The summed E-state index contributed by atoms with van der Waals surface area (Å²) in [5.74, 6) is 1.04. The van der Waals surface area contributed by atoms with E-state index in [1.54, 1.807) is 66.7 Å². The van der Waals surface area contributed by atoms with E-state index in [0.29, 0.717) is 11.5 Å². The van der Waals surface area contributed by atoms with Gasteiger partial charge in [0, 0.05) is 39.9 Å². The summed E-state index contributed by atoms with van der Waals surface area (Å²) in [4.78, 5) is 0.959. The predicted molar refractivity (Wildman–Crippen MR) is 130 cm³/mol. The number of likely N-dealkylation sites (tertiary alicyclic amines) is 1. The third-order valence-corrected chi connectivity index (χ3v) is 5.85. The number of nitrogens with zero attached hydrogens (tertiary/aromatic N) is 1. The summed E-state index contributed by atoms with van der Waals surface area (Å²) < 4.78 is 74.7. The summed E-state index contributed by atoms with van der Waals surface area (Å²) in [6.07, 6.45) is -5.30. The number of phenols is 2. The predicted octanol–water partition coefficient (Wildman–Crippen LogP) is 5.64. The molecule has 2 aliphatic rings. The first-order chi connectivity index (χ1) is 19.0. The van der Waals surface area contributed by atoms with Crippen LogP contribution in [0.15, 0.2) is 66.7 Å². The molecule has 1 unspecified atom stereocenters. The zero-order valence-corrected chi connectivity index (χ0v) is 18.0. The molecule has 1 atom stereocenters. The van der Waals surface area contributed by atoms with E-state index in [-0.39, 0.29) is 24.6 Å². The second-order valence-corrected chi connectivity index (χ2v) is 8.07. The van der Waals surface area contributed by atoms with Crippen LogP contribution in [0.25, 0.3) is 11.1 Å². The molecule has 3 aromatic carbocycles. The van der Waals surface area contributed by atoms with Crippen LogP contribution in [0.2, 0.25) is 0 Å². The topological polar surface area (TPSA) is 62.2 Å². The molecule has 5 nitrogen and oxygen atoms in total. The molecule has 0 saturated carbocycles. The number of aromatic hydroxyl groups is 2. The molecule has 1 saturated heterocycles. The van der Waals surface area contributed by atoms with Crippen molar-refractivity contribution in [3.8, 4) is 23.0 Å². The Morgan fingerprint density at radius 3 is 2.52 bits per heavy atom. The zero-order chi connectivity index (χ0) is 30.0. The smallest absolute Gasteiger partial charge is 0.150 e. The Morgan fingerprint density at radius 2 is 1.79 bits per heavy atom. The maximum Gasteiger partial charge on any atom is 0.150 e. The fourth-order valence-electron chi connectivity index (χ4n) is 4.17. The van der Waals surface area contributed by atoms with Gasteiger partial charge in [0.15, 0.2) is 0 Å². The second-order valence-electron chi connectivity index (χ2n) is 8.07. The largest absolute Gasteiger partial charge is 0.508 e. The molecule has 0 amide bonds. The highest BCUT2D eigenvalue weighted by molar-refractivity contribution is 5.95. The molecule has 0 aromatic heterocycles. The van der Waals surface area contributed by atoms with Gasteiger partial charge in [0.2, 0.25) is 0 Å². The van der Waals surface area contributed by atoms with Crippen LogP contribution in [0, 0.1) is 0 Å². The summed E-state index contributed by atoms with van der Waals surface area (Å²) in [6.45, 7) is -4.69. The first kappa shape index (κ1) is 14.0. The molecule has 0 bridgehead atoms. The van der Waals surface area contributed by atoms with Crippen LogP contribution in [-0.2, 0) is 0 Å². The first-order valence-corrected chi connectivity index (χ1v) is 10.6. The number of allylic oxidation sites excluding steroid dienone is 1. The van der Waals surface area contributed by atoms with Crippen LogP contribution < -0.4 is 9.47 Å². The Hall–Kier alpha value is -3.44. The van der Waals surface area contributed by atoms with Crippen molar-refractivity contribution in [2.24, 2.45) is 0 Å². The molecule has 0 aliphatic carbocycles. The highest BCUT2D eigenvalue weighted by Crippen LogP contribution is 2.47. The molecule has 5 rings (SSSR count). The monoisotopic (exact) mass is 451 g/mol. The fraction of sp³-hybridized carbons (Fsp3) is 0.286. The molecular formula is C28H29NO4. The van der Waals surface area contributed by atoms with E-state index in [1.165, 1.54) is 0 Å². The van der Waals surface area contributed by atoms with Gasteiger partial charge < -0.3 is 19.7 Å². The van der Waals surface area contributed by atoms with Crippen molar-refractivity contribution < 1.29 is 30.7 Å². The van der Waals surface area contributed by atoms with Gasteiger partial charge >= 0.3 is 0 Å². The number of ether oxygens (including phenoxy) is 2. The van der Waals surface area contributed by atoms with Gasteiger partial charge in [-0.1, -0.05) is 31.1 Å². The van der Waals surface area contributed by atoms with Crippen molar-refractivity contribution in [2.75, 3.05) is 19.6 Å². The fourth-order valence-corrected chi connectivity index (χ4v) is 4.17. The van der Waals surface area contributed by atoms with E-state index < -0.39 is 31.9 Å². The minimum atomic E-state index is -3.18. The quantitative estimate of drug-likeness (QED) is 0.508. The highest BCUT2D eigenvalue weighted by atomic mass is 16.5. The number of rotatable bonds is 6. The standard InChI is InChI=1S/C28H29NO4/c1-3-14-29-16-24(17-29)32-23-11-6-20(7-12-23)28-27(19-4-8-21(30)9-5-19)18(2)25-13-10-22(31)15-26(25)33-28/h4-13,15,24,28,30-31H,3,14,16-17H2,1-2H3/i1D3,3D2,14D2,24D. The number of phenolic OH excluding ortho intramolecular Hbond substituents is 2. The molecule has 5 heteroatoms. The number of fused-ring (bicyclic) bond motifs is 1. The lowest BCUT2D eigenvalue weighted by molar-refractivity contribution is 0.0202. The van der Waals surface area contributed by atoms with Gasteiger partial charge in [-0.25, -0.2) is 0 Å². The van der Waals surface area contributed by atoms with Crippen LogP contribution >= 0.6 is 0 Å². The molecule has 0 radical (unpaired) electrons. The Kier molecular flexibility index (Phi) is 3.74. The van der Waals surface area contributed by atoms with Crippen molar-refractivity contribution in [1.29, 1.82) is 0 Å². The lowest BCUT2D eigenvalue weighted by atomic mass is 9.86. The van der Waals surface area contributed by atoms with Gasteiger partial charge in [-0.2, -0.15) is 0 Å². The summed E-state index contributed by atoms with van der Waals surface area (Å²) in [5, 5.41) is 19.8. The van der Waals surface area contributed by atoms with Crippen molar-refractivity contribution in [1.82, 2.24) is 4.90 Å². The molecule has 3 aromatic rings. The molecule has 170 valence electrons. The van der Waals surface area contributed by atoms with Gasteiger partial charge in [-0.3, -0.25) is 4.90 Å². The second kappa shape index (κ2) is 8.83. The van der Waals surface area contributed by atoms with Crippen LogP contribution in [-0.4, -0.2) is 40.8 Å². The maximum atomic E-state index is 10.0. The van der Waals surface area contributed by atoms with Gasteiger partial charge in [0.1, 0.15) is 35.2 Å². The van der Waals surface area contributed by atoms with Gasteiger partial charge in [-0.05, 0) is 72.9 Å². The van der Waals surface area contributed by atoms with Crippen molar-refractivity contribution >= 4 is 11.1 Å². The van der Waals surface area contributed by atoms with Crippen LogP contribution in [0.4, 0.5) is 0 Å². The average molecular weight is 452 g/mol. The number of hydrogen-bond donors (Lipinski definition) is 2. The SMILES string of the molecule is [2H]C1(Oc2ccc(C3Oc4cc(O)ccc4C(C)=C3c3ccc(O)cc3)cc2)CN(C([2H])([2H])C([2H])([2H])C([2H])([2H])[2H])C1.